The lowest BCUT2D eigenvalue weighted by molar-refractivity contribution is -0.437. The zero-order valence-corrected chi connectivity index (χ0v) is 68.7. The number of aliphatic hydroxyl groups excluding tert-OH is 1. The van der Waals surface area contributed by atoms with Crippen molar-refractivity contribution in [3.8, 4) is 11.1 Å². The Morgan fingerprint density at radius 2 is 0.971 bits per heavy atom. The second-order valence-electron chi connectivity index (χ2n) is 31.1. The van der Waals surface area contributed by atoms with E-state index in [4.69, 9.17) is 9.47 Å². The molecule has 0 bridgehead atoms. The summed E-state index contributed by atoms with van der Waals surface area (Å²) >= 11 is 0. The van der Waals surface area contributed by atoms with Gasteiger partial charge < -0.3 is 77.2 Å². The number of nitrogens with zero attached hydrogens (tertiary/aromatic N) is 5. The Labute approximate surface area is 657 Å². The molecular weight excluding hydrogens is 1500 g/mol. The summed E-state index contributed by atoms with van der Waals surface area (Å²) in [6, 6.07) is 52.4. The molecule has 6 aromatic carbocycles. The lowest BCUT2D eigenvalue weighted by Gasteiger charge is -2.27. The maximum Gasteiger partial charge on any atom is 0.409 e. The molecule has 11 heteroatoms. The molecule has 0 saturated heterocycles. The smallest absolute Gasteiger partial charge is 0.409 e. The number of hydrogen-bond donors (Lipinski definition) is 1. The van der Waals surface area contributed by atoms with Gasteiger partial charge in [-0.05, 0) is 184 Å². The monoisotopic (exact) mass is 1620 g/mol. The first-order valence-electron chi connectivity index (χ1n) is 38.5. The third kappa shape index (κ3) is 15.7. The van der Waals surface area contributed by atoms with Gasteiger partial charge in [0.15, 0.2) is 11.4 Å². The SMILES string of the molecule is CCCN1/C(=C/C=C2\CCCC(/C=C/C3=[N+](CCC)c4ccccc4C3(C)C)=C2CCCO)C(C)(C)c2ccccc21.CCCN1/C(=C/C=C2\CCCC(/C=C/C3=[N+](CCC)c4ccccc4C3(C)C)=C2OCCN(C)C(=O)OCC2c3ccccc3-c3ccccc32)C(C)(C)c2ccccc21.[I-].[I-]. The Morgan fingerprint density at radius 1 is 0.529 bits per heavy atom. The quantitative estimate of drug-likeness (QED) is 0.0509. The van der Waals surface area contributed by atoms with Crippen LogP contribution in [0.2, 0.25) is 0 Å². The molecule has 6 aromatic rings. The first-order chi connectivity index (χ1) is 49.3. The number of carbonyl (C=O) groups excluding carboxylic acids is 1. The Kier molecular flexibility index (Phi) is 26.3. The maximum absolute atomic E-state index is 13.5. The van der Waals surface area contributed by atoms with Crippen LogP contribution < -0.4 is 57.8 Å². The zero-order valence-electron chi connectivity index (χ0n) is 64.4. The van der Waals surface area contributed by atoms with Gasteiger partial charge in [0.05, 0.1) is 17.4 Å². The second kappa shape index (κ2) is 34.5. The number of para-hydroxylation sites is 4. The van der Waals surface area contributed by atoms with Crippen molar-refractivity contribution in [1.82, 2.24) is 4.90 Å². The Balaban J connectivity index is 0.000000233. The van der Waals surface area contributed by atoms with Crippen LogP contribution in [0.15, 0.2) is 239 Å². The molecule has 4 aliphatic heterocycles. The van der Waals surface area contributed by atoms with E-state index in [2.05, 4.69) is 296 Å². The van der Waals surface area contributed by atoms with Crippen molar-refractivity contribution in [2.75, 3.05) is 69.4 Å². The van der Waals surface area contributed by atoms with Gasteiger partial charge in [0.25, 0.3) is 0 Å². The third-order valence-electron chi connectivity index (χ3n) is 22.8. The average Bonchev–Trinajstić information content (AvgIpc) is 1.66. The maximum atomic E-state index is 13.5. The molecule has 0 radical (unpaired) electrons. The van der Waals surface area contributed by atoms with Crippen molar-refractivity contribution < 1.29 is 76.5 Å². The summed E-state index contributed by atoms with van der Waals surface area (Å²) < 4.78 is 17.9. The van der Waals surface area contributed by atoms with Crippen LogP contribution in [0.25, 0.3) is 11.1 Å². The Morgan fingerprint density at radius 3 is 1.47 bits per heavy atom. The number of amides is 1. The fourth-order valence-corrected chi connectivity index (χ4v) is 17.5. The van der Waals surface area contributed by atoms with Crippen molar-refractivity contribution in [3.63, 3.8) is 0 Å². The van der Waals surface area contributed by atoms with Crippen LogP contribution in [0.1, 0.15) is 199 Å². The lowest BCUT2D eigenvalue weighted by atomic mass is 9.80. The van der Waals surface area contributed by atoms with Gasteiger partial charge in [0.1, 0.15) is 32.1 Å². The average molecular weight is 1620 g/mol. The largest absolute Gasteiger partial charge is 1.00 e. The molecule has 9 nitrogen and oxygen atoms in total. The van der Waals surface area contributed by atoms with Gasteiger partial charge >= 0.3 is 6.09 Å². The number of likely N-dealkylation sites (N-methyl/N-ethyl adjacent to an activating group) is 1. The van der Waals surface area contributed by atoms with Crippen molar-refractivity contribution in [2.45, 2.75) is 188 Å². The molecule has 4 heterocycles. The number of halogens is 2. The molecule has 0 spiro atoms. The van der Waals surface area contributed by atoms with E-state index < -0.39 is 0 Å². The lowest BCUT2D eigenvalue weighted by Crippen LogP contribution is -3.00. The predicted molar refractivity (Wildman–Crippen MR) is 426 cm³/mol. The molecule has 1 amide bonds. The number of fused-ring (bicyclic) bond motifs is 7. The van der Waals surface area contributed by atoms with Crippen LogP contribution in [-0.4, -0.2) is 96.3 Å². The summed E-state index contributed by atoms with van der Waals surface area (Å²) in [6.07, 6.45) is 30.9. The Hall–Kier alpha value is -7.33. The number of hydrogen-bond acceptors (Lipinski definition) is 6. The zero-order chi connectivity index (χ0) is 71.9. The molecule has 0 saturated carbocycles. The minimum absolute atomic E-state index is 0. The minimum Gasteiger partial charge on any atom is -1.00 e. The van der Waals surface area contributed by atoms with Gasteiger partial charge in [-0.3, -0.25) is 0 Å². The predicted octanol–water partition coefficient (Wildman–Crippen LogP) is 15.7. The van der Waals surface area contributed by atoms with E-state index in [1.54, 1.807) is 11.9 Å². The van der Waals surface area contributed by atoms with Gasteiger partial charge in [0, 0.05) is 115 Å². The fraction of sp³-hybridized carbons (Fsp3) is 0.409. The van der Waals surface area contributed by atoms with E-state index in [0.717, 1.165) is 109 Å². The molecule has 1 N–H and O–H groups in total. The van der Waals surface area contributed by atoms with Crippen LogP contribution >= 0.6 is 0 Å². The van der Waals surface area contributed by atoms with Crippen LogP contribution in [0.4, 0.5) is 27.5 Å². The first-order valence-corrected chi connectivity index (χ1v) is 38.5. The molecule has 3 aliphatic carbocycles. The number of aliphatic hydroxyl groups is 1. The highest BCUT2D eigenvalue weighted by Gasteiger charge is 2.46. The van der Waals surface area contributed by atoms with E-state index in [1.165, 1.54) is 118 Å². The molecule has 0 aromatic heterocycles. The second-order valence-corrected chi connectivity index (χ2v) is 31.1. The number of allylic oxidation sites excluding steroid dienone is 15. The van der Waals surface area contributed by atoms with Crippen LogP contribution in [0.5, 0.6) is 0 Å². The van der Waals surface area contributed by atoms with Gasteiger partial charge in [-0.15, -0.1) is 0 Å². The van der Waals surface area contributed by atoms with Crippen molar-refractivity contribution in [2.24, 2.45) is 0 Å². The highest BCUT2D eigenvalue weighted by atomic mass is 127. The van der Waals surface area contributed by atoms with Crippen molar-refractivity contribution >= 4 is 40.3 Å². The number of ether oxygens (including phenoxy) is 2. The third-order valence-corrected chi connectivity index (χ3v) is 22.8. The van der Waals surface area contributed by atoms with E-state index >= 15 is 0 Å². The van der Waals surface area contributed by atoms with Crippen LogP contribution in [0, 0.1) is 0 Å². The van der Waals surface area contributed by atoms with Crippen LogP contribution in [-0.2, 0) is 31.1 Å². The molecule has 0 fully saturated rings. The van der Waals surface area contributed by atoms with Crippen molar-refractivity contribution in [1.29, 1.82) is 0 Å². The Bertz CT molecular complexity index is 4400. The van der Waals surface area contributed by atoms with Gasteiger partial charge in [-0.1, -0.05) is 195 Å². The van der Waals surface area contributed by atoms with Gasteiger partial charge in [-0.25, -0.2) is 4.79 Å². The molecule has 0 unspecified atom stereocenters. The molecule has 7 aliphatic rings. The van der Waals surface area contributed by atoms with E-state index in [1.807, 2.05) is 0 Å². The summed E-state index contributed by atoms with van der Waals surface area (Å²) in [7, 11) is 1.81. The van der Waals surface area contributed by atoms with Gasteiger partial charge in [0.2, 0.25) is 11.4 Å². The normalized spacial score (nSPS) is 19.5. The number of benzene rings is 6. The molecular formula is C93H113I2N5O4. The topological polar surface area (TPSA) is 71.5 Å². The summed E-state index contributed by atoms with van der Waals surface area (Å²) in [6.45, 7) is 33.1. The van der Waals surface area contributed by atoms with E-state index in [9.17, 15) is 9.90 Å². The van der Waals surface area contributed by atoms with Gasteiger partial charge in [-0.2, -0.15) is 9.15 Å². The molecule has 0 atom stereocenters. The number of anilines is 2. The fourth-order valence-electron chi connectivity index (χ4n) is 17.5. The number of rotatable bonds is 23. The molecule has 548 valence electrons. The highest BCUT2D eigenvalue weighted by molar-refractivity contribution is 6.04. The number of carbonyl (C=O) groups is 1. The summed E-state index contributed by atoms with van der Waals surface area (Å²) in [5, 5.41) is 9.81. The summed E-state index contributed by atoms with van der Waals surface area (Å²) in [4.78, 5) is 20.2. The standard InChI is InChI=1S/C54H62N3O3.C39H51N2O.2HI/c1-8-33-56-47-27-16-14-25-45(47)53(3,4)49(56)31-29-38-19-18-20-39(30-32-50-54(5,6)46-26-15-17-28-48(46)57(50)34-9-2)51(38)59-36-35-55(7)52(58)60-37-44-42-23-12-10-21-40(42)41-22-11-13-24-43(41)44;1-7-26-40-34-20-11-9-18-32(34)38(3,4)36(40)24-22-29-15-13-16-30(31(29)17-14-28-42)23-25-37-39(5,6)33-19-10-12-21-35(33)41(37)27-8-2;;/h10-17,21-32,44H,8-9,18-20,33-37H2,1-7H3;9-12,18-25,42H,7-8,13-17,26-28H2,1-6H3;2*1H/q2*+1;;/p-2. The highest BCUT2D eigenvalue weighted by Crippen LogP contribution is 2.51. The first kappa shape index (κ1) is 79.2. The van der Waals surface area contributed by atoms with Crippen LogP contribution in [0.3, 0.4) is 0 Å². The molecule has 13 rings (SSSR count). The minimum atomic E-state index is -0.340. The van der Waals surface area contributed by atoms with E-state index in [-0.39, 0.29) is 88.2 Å². The summed E-state index contributed by atoms with van der Waals surface area (Å²) in [5.41, 5.74) is 27.5. The molecule has 104 heavy (non-hydrogen) atoms. The van der Waals surface area contributed by atoms with E-state index in [0.29, 0.717) is 19.8 Å². The summed E-state index contributed by atoms with van der Waals surface area (Å²) in [5.74, 6) is 0.950. The van der Waals surface area contributed by atoms with Crippen molar-refractivity contribution in [3.05, 3.63) is 273 Å².